The van der Waals surface area contributed by atoms with Gasteiger partial charge in [-0.05, 0) is 32.6 Å². The van der Waals surface area contributed by atoms with Crippen molar-refractivity contribution in [1.82, 2.24) is 4.90 Å². The van der Waals surface area contributed by atoms with Crippen LogP contribution in [0.4, 0.5) is 0 Å². The number of carbonyl (C=O) groups is 1. The van der Waals surface area contributed by atoms with Crippen molar-refractivity contribution >= 4 is 5.78 Å². The van der Waals surface area contributed by atoms with Gasteiger partial charge in [0, 0.05) is 31.0 Å². The summed E-state index contributed by atoms with van der Waals surface area (Å²) in [6, 6.07) is 0. The number of rotatable bonds is 2. The Morgan fingerprint density at radius 1 is 1.22 bits per heavy atom. The number of hydrogen-bond donors (Lipinski definition) is 1. The first-order chi connectivity index (χ1) is 8.30. The lowest BCUT2D eigenvalue weighted by Crippen LogP contribution is -2.47. The van der Waals surface area contributed by atoms with Crippen LogP contribution in [0.3, 0.4) is 0 Å². The Morgan fingerprint density at radius 3 is 2.44 bits per heavy atom. The monoisotopic (exact) mass is 253 g/mol. The van der Waals surface area contributed by atoms with E-state index in [1.807, 2.05) is 6.92 Å². The van der Waals surface area contributed by atoms with Gasteiger partial charge in [0.05, 0.1) is 5.60 Å². The molecule has 1 unspecified atom stereocenters. The van der Waals surface area contributed by atoms with E-state index in [-0.39, 0.29) is 11.3 Å². The van der Waals surface area contributed by atoms with Gasteiger partial charge in [0.2, 0.25) is 0 Å². The second-order valence-corrected chi connectivity index (χ2v) is 7.13. The molecule has 0 spiro atoms. The van der Waals surface area contributed by atoms with Crippen LogP contribution in [-0.4, -0.2) is 41.0 Å². The van der Waals surface area contributed by atoms with Crippen molar-refractivity contribution in [3.8, 4) is 0 Å². The third-order valence-electron chi connectivity index (χ3n) is 4.80. The van der Waals surface area contributed by atoms with Crippen LogP contribution >= 0.6 is 0 Å². The molecule has 0 amide bonds. The first-order valence-corrected chi connectivity index (χ1v) is 7.29. The highest BCUT2D eigenvalue weighted by Crippen LogP contribution is 2.36. The van der Waals surface area contributed by atoms with E-state index in [2.05, 4.69) is 18.7 Å². The number of Topliss-reactive ketones (excluding diaryl/α,β-unsaturated/α-hetero) is 1. The molecule has 2 rings (SSSR count). The fourth-order valence-corrected chi connectivity index (χ4v) is 3.30. The van der Waals surface area contributed by atoms with Crippen molar-refractivity contribution in [2.45, 2.75) is 58.5 Å². The second-order valence-electron chi connectivity index (χ2n) is 7.13. The predicted molar refractivity (Wildman–Crippen MR) is 72.4 cm³/mol. The van der Waals surface area contributed by atoms with E-state index in [1.165, 1.54) is 6.42 Å². The average molecular weight is 253 g/mol. The van der Waals surface area contributed by atoms with Crippen molar-refractivity contribution < 1.29 is 9.90 Å². The van der Waals surface area contributed by atoms with E-state index < -0.39 is 5.60 Å². The molecule has 0 aromatic carbocycles. The molecular weight excluding hydrogens is 226 g/mol. The zero-order valence-corrected chi connectivity index (χ0v) is 12.0. The SMILES string of the molecule is CC1(O)CCN(CC2CCCC(C)(C)C2=O)CC1. The van der Waals surface area contributed by atoms with E-state index in [4.69, 9.17) is 0 Å². The summed E-state index contributed by atoms with van der Waals surface area (Å²) in [5, 5.41) is 9.94. The Morgan fingerprint density at radius 2 is 1.83 bits per heavy atom. The third-order valence-corrected chi connectivity index (χ3v) is 4.80. The normalized spacial score (nSPS) is 32.4. The van der Waals surface area contributed by atoms with Crippen LogP contribution in [0.15, 0.2) is 0 Å². The summed E-state index contributed by atoms with van der Waals surface area (Å²) in [7, 11) is 0. The molecule has 1 saturated carbocycles. The molecule has 0 aromatic heterocycles. The van der Waals surface area contributed by atoms with E-state index >= 15 is 0 Å². The van der Waals surface area contributed by atoms with Gasteiger partial charge in [-0.15, -0.1) is 0 Å². The molecule has 1 aliphatic carbocycles. The summed E-state index contributed by atoms with van der Waals surface area (Å²) in [6.45, 7) is 8.84. The molecule has 1 N–H and O–H groups in total. The molecule has 1 saturated heterocycles. The zero-order chi connectivity index (χ0) is 13.4. The fraction of sp³-hybridized carbons (Fsp3) is 0.933. The van der Waals surface area contributed by atoms with Crippen LogP contribution in [0.5, 0.6) is 0 Å². The average Bonchev–Trinajstić information content (AvgIpc) is 2.27. The highest BCUT2D eigenvalue weighted by molar-refractivity contribution is 5.87. The maximum Gasteiger partial charge on any atom is 0.142 e. The minimum atomic E-state index is -0.494. The lowest BCUT2D eigenvalue weighted by molar-refractivity contribution is -0.135. The molecule has 2 aliphatic rings. The Kier molecular flexibility index (Phi) is 3.84. The molecule has 1 atom stereocenters. The Hall–Kier alpha value is -0.410. The van der Waals surface area contributed by atoms with Crippen molar-refractivity contribution in [2.75, 3.05) is 19.6 Å². The molecule has 18 heavy (non-hydrogen) atoms. The summed E-state index contributed by atoms with van der Waals surface area (Å²) in [6.07, 6.45) is 4.93. The van der Waals surface area contributed by atoms with Gasteiger partial charge in [-0.1, -0.05) is 20.3 Å². The van der Waals surface area contributed by atoms with E-state index in [0.717, 1.165) is 45.3 Å². The summed E-state index contributed by atoms with van der Waals surface area (Å²) in [5.41, 5.74) is -0.615. The van der Waals surface area contributed by atoms with Gasteiger partial charge in [-0.2, -0.15) is 0 Å². The number of hydrogen-bond acceptors (Lipinski definition) is 3. The summed E-state index contributed by atoms with van der Waals surface area (Å²) < 4.78 is 0. The maximum atomic E-state index is 12.4. The summed E-state index contributed by atoms with van der Waals surface area (Å²) >= 11 is 0. The van der Waals surface area contributed by atoms with E-state index in [9.17, 15) is 9.90 Å². The summed E-state index contributed by atoms with van der Waals surface area (Å²) in [4.78, 5) is 14.7. The third kappa shape index (κ3) is 3.12. The van der Waals surface area contributed by atoms with Crippen LogP contribution < -0.4 is 0 Å². The smallest absolute Gasteiger partial charge is 0.142 e. The molecule has 2 fully saturated rings. The molecule has 0 bridgehead atoms. The van der Waals surface area contributed by atoms with Crippen LogP contribution in [-0.2, 0) is 4.79 Å². The van der Waals surface area contributed by atoms with Crippen molar-refractivity contribution in [3.05, 3.63) is 0 Å². The van der Waals surface area contributed by atoms with Crippen LogP contribution in [0.1, 0.15) is 52.9 Å². The van der Waals surface area contributed by atoms with Gasteiger partial charge < -0.3 is 10.0 Å². The van der Waals surface area contributed by atoms with Gasteiger partial charge >= 0.3 is 0 Å². The van der Waals surface area contributed by atoms with Gasteiger partial charge in [-0.3, -0.25) is 4.79 Å². The Balaban J connectivity index is 1.88. The van der Waals surface area contributed by atoms with Gasteiger partial charge in [0.1, 0.15) is 5.78 Å². The Labute approximate surface area is 111 Å². The lowest BCUT2D eigenvalue weighted by atomic mass is 9.71. The van der Waals surface area contributed by atoms with Crippen molar-refractivity contribution in [3.63, 3.8) is 0 Å². The predicted octanol–water partition coefficient (Wildman–Crippen LogP) is 2.23. The second kappa shape index (κ2) is 4.93. The van der Waals surface area contributed by atoms with Crippen molar-refractivity contribution in [2.24, 2.45) is 11.3 Å². The van der Waals surface area contributed by atoms with Crippen LogP contribution in [0.2, 0.25) is 0 Å². The van der Waals surface area contributed by atoms with Crippen molar-refractivity contribution in [1.29, 1.82) is 0 Å². The number of piperidine rings is 1. The topological polar surface area (TPSA) is 40.5 Å². The molecule has 1 heterocycles. The number of carbonyl (C=O) groups excluding carboxylic acids is 1. The van der Waals surface area contributed by atoms with Crippen LogP contribution in [0.25, 0.3) is 0 Å². The molecule has 0 radical (unpaired) electrons. The molecule has 3 nitrogen and oxygen atoms in total. The Bertz CT molecular complexity index is 312. The number of nitrogens with zero attached hydrogens (tertiary/aromatic N) is 1. The standard InChI is InChI=1S/C15H27NO2/c1-14(2)6-4-5-12(13(14)17)11-16-9-7-15(3,18)8-10-16/h12,18H,4-11H2,1-3H3. The quantitative estimate of drug-likeness (QED) is 0.820. The van der Waals surface area contributed by atoms with Crippen LogP contribution in [0, 0.1) is 11.3 Å². The molecule has 1 aliphatic heterocycles. The lowest BCUT2D eigenvalue weighted by Gasteiger charge is -2.40. The van der Waals surface area contributed by atoms with E-state index in [0.29, 0.717) is 5.78 Å². The number of likely N-dealkylation sites (tertiary alicyclic amines) is 1. The van der Waals surface area contributed by atoms with Gasteiger partial charge in [0.15, 0.2) is 0 Å². The van der Waals surface area contributed by atoms with Gasteiger partial charge in [0.25, 0.3) is 0 Å². The molecule has 0 aromatic rings. The molecule has 3 heteroatoms. The zero-order valence-electron chi connectivity index (χ0n) is 12.0. The first kappa shape index (κ1) is 14.0. The minimum Gasteiger partial charge on any atom is -0.390 e. The highest BCUT2D eigenvalue weighted by Gasteiger charge is 2.38. The van der Waals surface area contributed by atoms with E-state index in [1.54, 1.807) is 0 Å². The first-order valence-electron chi connectivity index (χ1n) is 7.29. The highest BCUT2D eigenvalue weighted by atomic mass is 16.3. The summed E-state index contributed by atoms with van der Waals surface area (Å²) in [5.74, 6) is 0.669. The largest absolute Gasteiger partial charge is 0.390 e. The fourth-order valence-electron chi connectivity index (χ4n) is 3.30. The minimum absolute atomic E-state index is 0.121. The number of aliphatic hydroxyl groups is 1. The molecule has 104 valence electrons. The number of ketones is 1. The maximum absolute atomic E-state index is 12.4. The molecular formula is C15H27NO2. The van der Waals surface area contributed by atoms with Gasteiger partial charge in [-0.25, -0.2) is 0 Å².